The fourth-order valence-corrected chi connectivity index (χ4v) is 3.75. The third kappa shape index (κ3) is 4.73. The van der Waals surface area contributed by atoms with Crippen molar-refractivity contribution in [2.45, 2.75) is 12.4 Å². The van der Waals surface area contributed by atoms with E-state index in [2.05, 4.69) is 0 Å². The summed E-state index contributed by atoms with van der Waals surface area (Å²) in [6.07, 6.45) is -9.54. The molecule has 4 rings (SSSR count). The summed E-state index contributed by atoms with van der Waals surface area (Å²) in [6.45, 7) is 0. The molecule has 0 amide bonds. The number of alkyl halides is 6. The van der Waals surface area contributed by atoms with Crippen LogP contribution in [-0.4, -0.2) is 5.78 Å². The third-order valence-electron chi connectivity index (χ3n) is 5.34. The lowest BCUT2D eigenvalue weighted by Gasteiger charge is -2.16. The summed E-state index contributed by atoms with van der Waals surface area (Å²) in [5.74, 6) is -0.935. The lowest BCUT2D eigenvalue weighted by atomic mass is 9.92. The molecular formula is C27H16F6O. The number of halogens is 6. The summed E-state index contributed by atoms with van der Waals surface area (Å²) in [6, 6.07) is 21.7. The summed E-state index contributed by atoms with van der Waals surface area (Å²) in [5, 5.41) is 0. The van der Waals surface area contributed by atoms with Crippen molar-refractivity contribution in [3.63, 3.8) is 0 Å². The van der Waals surface area contributed by atoms with Gasteiger partial charge in [0.15, 0.2) is 5.78 Å². The number of ketones is 1. The Balaban J connectivity index is 1.80. The highest BCUT2D eigenvalue weighted by Crippen LogP contribution is 2.40. The maximum atomic E-state index is 13.8. The molecule has 0 bridgehead atoms. The fourth-order valence-electron chi connectivity index (χ4n) is 3.75. The molecule has 1 nitrogen and oxygen atoms in total. The fraction of sp³-hybridized carbons (Fsp3) is 0.0741. The Morgan fingerprint density at radius 2 is 0.853 bits per heavy atom. The molecule has 4 aromatic rings. The normalized spacial score (nSPS) is 11.9. The van der Waals surface area contributed by atoms with Gasteiger partial charge < -0.3 is 0 Å². The largest absolute Gasteiger partial charge is 0.417 e. The smallest absolute Gasteiger partial charge is 0.289 e. The molecule has 0 heterocycles. The van der Waals surface area contributed by atoms with E-state index in [1.165, 1.54) is 36.4 Å². The SMILES string of the molecule is O=C(c1ccc(-c2ccccc2)c(C(F)(F)F)c1)c1ccc(-c2ccccc2)c(C(F)(F)F)c1. The first-order chi connectivity index (χ1) is 16.1. The molecular weight excluding hydrogens is 454 g/mol. The predicted octanol–water partition coefficient (Wildman–Crippen LogP) is 8.29. The number of hydrogen-bond acceptors (Lipinski definition) is 1. The second-order valence-electron chi connectivity index (χ2n) is 7.58. The Hall–Kier alpha value is -3.87. The van der Waals surface area contributed by atoms with Crippen LogP contribution < -0.4 is 0 Å². The number of carbonyl (C=O) groups excluding carboxylic acids is 1. The molecule has 0 aromatic heterocycles. The highest BCUT2D eigenvalue weighted by molar-refractivity contribution is 6.09. The van der Waals surface area contributed by atoms with Gasteiger partial charge in [-0.15, -0.1) is 0 Å². The highest BCUT2D eigenvalue weighted by atomic mass is 19.4. The summed E-state index contributed by atoms with van der Waals surface area (Å²) >= 11 is 0. The van der Waals surface area contributed by atoms with Gasteiger partial charge in [-0.2, -0.15) is 26.3 Å². The topological polar surface area (TPSA) is 17.1 Å². The lowest BCUT2D eigenvalue weighted by molar-refractivity contribution is -0.137. The molecule has 0 spiro atoms. The van der Waals surface area contributed by atoms with Crippen LogP contribution in [0.3, 0.4) is 0 Å². The Morgan fingerprint density at radius 1 is 0.500 bits per heavy atom. The molecule has 0 aliphatic carbocycles. The molecule has 0 atom stereocenters. The molecule has 0 fully saturated rings. The van der Waals surface area contributed by atoms with Crippen molar-refractivity contribution in [1.29, 1.82) is 0 Å². The molecule has 0 aliphatic heterocycles. The first kappa shape index (κ1) is 23.3. The Kier molecular flexibility index (Phi) is 6.04. The monoisotopic (exact) mass is 470 g/mol. The second kappa shape index (κ2) is 8.82. The van der Waals surface area contributed by atoms with Crippen LogP contribution in [0.4, 0.5) is 26.3 Å². The van der Waals surface area contributed by atoms with Crippen LogP contribution in [-0.2, 0) is 12.4 Å². The van der Waals surface area contributed by atoms with Crippen molar-refractivity contribution in [2.24, 2.45) is 0 Å². The van der Waals surface area contributed by atoms with E-state index in [1.807, 2.05) is 0 Å². The van der Waals surface area contributed by atoms with Gasteiger partial charge in [0.05, 0.1) is 11.1 Å². The van der Waals surface area contributed by atoms with Gasteiger partial charge in [-0.05, 0) is 34.4 Å². The van der Waals surface area contributed by atoms with Gasteiger partial charge in [0.2, 0.25) is 0 Å². The van der Waals surface area contributed by atoms with Crippen LogP contribution in [0.1, 0.15) is 27.0 Å². The number of carbonyl (C=O) groups is 1. The van der Waals surface area contributed by atoms with Gasteiger partial charge in [0.25, 0.3) is 0 Å². The van der Waals surface area contributed by atoms with E-state index < -0.39 is 29.3 Å². The van der Waals surface area contributed by atoms with Crippen LogP contribution in [0.5, 0.6) is 0 Å². The van der Waals surface area contributed by atoms with Crippen molar-refractivity contribution in [3.05, 3.63) is 119 Å². The van der Waals surface area contributed by atoms with E-state index >= 15 is 0 Å². The summed E-state index contributed by atoms with van der Waals surface area (Å²) in [4.78, 5) is 13.0. The lowest BCUT2D eigenvalue weighted by Crippen LogP contribution is -2.12. The minimum Gasteiger partial charge on any atom is -0.289 e. The zero-order chi connectivity index (χ0) is 24.5. The van der Waals surface area contributed by atoms with E-state index in [-0.39, 0.29) is 22.3 Å². The van der Waals surface area contributed by atoms with Crippen LogP contribution in [0, 0.1) is 0 Å². The molecule has 0 aliphatic rings. The molecule has 0 saturated heterocycles. The Labute approximate surface area is 191 Å². The summed E-state index contributed by atoms with van der Waals surface area (Å²) < 4.78 is 82.7. The van der Waals surface area contributed by atoms with Gasteiger partial charge in [-0.3, -0.25) is 4.79 Å². The van der Waals surface area contributed by atoms with Crippen molar-refractivity contribution in [2.75, 3.05) is 0 Å². The first-order valence-corrected chi connectivity index (χ1v) is 10.1. The minimum atomic E-state index is -4.77. The van der Waals surface area contributed by atoms with Crippen molar-refractivity contribution in [3.8, 4) is 22.3 Å². The summed E-state index contributed by atoms with van der Waals surface area (Å²) in [5.41, 5.74) is -2.43. The van der Waals surface area contributed by atoms with Gasteiger partial charge in [-0.25, -0.2) is 0 Å². The average Bonchev–Trinajstić information content (AvgIpc) is 2.83. The first-order valence-electron chi connectivity index (χ1n) is 10.1. The zero-order valence-electron chi connectivity index (χ0n) is 17.4. The number of hydrogen-bond donors (Lipinski definition) is 0. The van der Waals surface area contributed by atoms with E-state index in [1.54, 1.807) is 36.4 Å². The van der Waals surface area contributed by atoms with Crippen LogP contribution in [0.25, 0.3) is 22.3 Å². The molecule has 0 radical (unpaired) electrons. The average molecular weight is 470 g/mol. The van der Waals surface area contributed by atoms with E-state index in [0.717, 1.165) is 12.1 Å². The summed E-state index contributed by atoms with van der Waals surface area (Å²) in [7, 11) is 0. The molecule has 0 N–H and O–H groups in total. The standard InChI is InChI=1S/C27H16F6O/c28-26(29,30)23-15-19(11-13-21(23)17-7-3-1-4-8-17)25(34)20-12-14-22(18-9-5-2-6-10-18)24(16-20)27(31,32)33/h1-16H. The number of benzene rings is 4. The second-order valence-corrected chi connectivity index (χ2v) is 7.58. The van der Waals surface area contributed by atoms with Crippen LogP contribution in [0.2, 0.25) is 0 Å². The Bertz CT molecular complexity index is 1220. The third-order valence-corrected chi connectivity index (χ3v) is 5.34. The van der Waals surface area contributed by atoms with Gasteiger partial charge in [0.1, 0.15) is 0 Å². The minimum absolute atomic E-state index is 0.125. The maximum Gasteiger partial charge on any atom is 0.417 e. The molecule has 4 aromatic carbocycles. The predicted molar refractivity (Wildman–Crippen MR) is 117 cm³/mol. The molecule has 7 heteroatoms. The van der Waals surface area contributed by atoms with Crippen LogP contribution in [0.15, 0.2) is 97.1 Å². The quantitative estimate of drug-likeness (QED) is 0.217. The number of rotatable bonds is 4. The van der Waals surface area contributed by atoms with Gasteiger partial charge >= 0.3 is 12.4 Å². The maximum absolute atomic E-state index is 13.8. The van der Waals surface area contributed by atoms with E-state index in [4.69, 9.17) is 0 Å². The van der Waals surface area contributed by atoms with Crippen molar-refractivity contribution < 1.29 is 31.1 Å². The zero-order valence-corrected chi connectivity index (χ0v) is 17.4. The molecule has 0 unspecified atom stereocenters. The molecule has 172 valence electrons. The van der Waals surface area contributed by atoms with Crippen LogP contribution >= 0.6 is 0 Å². The van der Waals surface area contributed by atoms with Crippen molar-refractivity contribution >= 4 is 5.78 Å². The molecule has 34 heavy (non-hydrogen) atoms. The van der Waals surface area contributed by atoms with Gasteiger partial charge in [0, 0.05) is 11.1 Å². The van der Waals surface area contributed by atoms with Crippen molar-refractivity contribution in [1.82, 2.24) is 0 Å². The molecule has 0 saturated carbocycles. The Morgan fingerprint density at radius 3 is 1.18 bits per heavy atom. The van der Waals surface area contributed by atoms with Gasteiger partial charge in [-0.1, -0.05) is 84.9 Å². The highest BCUT2D eigenvalue weighted by Gasteiger charge is 2.36. The van der Waals surface area contributed by atoms with E-state index in [9.17, 15) is 31.1 Å². The van der Waals surface area contributed by atoms with E-state index in [0.29, 0.717) is 23.3 Å².